The fraction of sp³-hybridized carbons (Fsp3) is 0.100. The van der Waals surface area contributed by atoms with Crippen molar-refractivity contribution in [3.05, 3.63) is 36.5 Å². The van der Waals surface area contributed by atoms with Gasteiger partial charge in [-0.25, -0.2) is 0 Å². The van der Waals surface area contributed by atoms with E-state index in [4.69, 9.17) is 4.74 Å². The number of aromatic nitrogens is 1. The molecule has 0 saturated heterocycles. The normalized spacial score (nSPS) is 9.31. The minimum Gasteiger partial charge on any atom is -0.554 e. The second-order valence-corrected chi connectivity index (χ2v) is 2.48. The molecule has 0 aliphatic rings. The van der Waals surface area contributed by atoms with E-state index in [1.54, 1.807) is 19.4 Å². The van der Waals surface area contributed by atoms with Gasteiger partial charge in [0.1, 0.15) is 0 Å². The summed E-state index contributed by atoms with van der Waals surface area (Å²) in [4.78, 5) is 4.15. The number of fused-ring (bicyclic) bond motifs is 1. The Labute approximate surface area is 89.1 Å². The van der Waals surface area contributed by atoms with E-state index in [0.29, 0.717) is 0 Å². The first kappa shape index (κ1) is 10.1. The van der Waals surface area contributed by atoms with E-state index in [-0.39, 0.29) is 18.9 Å². The molecule has 0 spiro atoms. The summed E-state index contributed by atoms with van der Waals surface area (Å²) in [6.07, 6.45) is 1.76. The van der Waals surface area contributed by atoms with Crippen LogP contribution in [0.3, 0.4) is 0 Å². The van der Waals surface area contributed by atoms with Crippen molar-refractivity contribution in [3.63, 3.8) is 0 Å². The summed E-state index contributed by atoms with van der Waals surface area (Å²) in [6, 6.07) is 10.7. The third kappa shape index (κ3) is 2.03. The molecule has 3 heteroatoms. The number of hydrogen-bond acceptors (Lipinski definition) is 2. The minimum absolute atomic E-state index is 0. The van der Waals surface area contributed by atoms with E-state index in [1.165, 1.54) is 0 Å². The van der Waals surface area contributed by atoms with Crippen LogP contribution in [0.15, 0.2) is 30.5 Å². The summed E-state index contributed by atoms with van der Waals surface area (Å²) in [6.45, 7) is 0. The van der Waals surface area contributed by atoms with E-state index in [1.807, 2.05) is 18.2 Å². The fourth-order valence-electron chi connectivity index (χ4n) is 1.11. The van der Waals surface area contributed by atoms with Crippen molar-refractivity contribution in [1.82, 2.24) is 4.98 Å². The summed E-state index contributed by atoms with van der Waals surface area (Å²) in [5.74, 6) is 0.815. The van der Waals surface area contributed by atoms with Crippen LogP contribution in [0.2, 0.25) is 0 Å². The Kier molecular flexibility index (Phi) is 3.36. The number of rotatable bonds is 1. The first-order valence-corrected chi connectivity index (χ1v) is 3.70. The van der Waals surface area contributed by atoms with E-state index in [0.717, 1.165) is 16.7 Å². The van der Waals surface area contributed by atoms with E-state index in [2.05, 4.69) is 11.1 Å². The average Bonchev–Trinajstić information content (AvgIpc) is 2.17. The molecule has 0 unspecified atom stereocenters. The van der Waals surface area contributed by atoms with Gasteiger partial charge in [0.05, 0.1) is 7.11 Å². The van der Waals surface area contributed by atoms with Crippen LogP contribution in [0, 0.1) is 6.07 Å². The molecular formula is C10H8LiNO. The van der Waals surface area contributed by atoms with Crippen LogP contribution in [-0.2, 0) is 0 Å². The van der Waals surface area contributed by atoms with Gasteiger partial charge in [-0.05, 0) is 5.52 Å². The maximum Gasteiger partial charge on any atom is 1.00 e. The largest absolute Gasteiger partial charge is 1.00 e. The monoisotopic (exact) mass is 165 g/mol. The Morgan fingerprint density at radius 1 is 1.46 bits per heavy atom. The van der Waals surface area contributed by atoms with Gasteiger partial charge in [0.2, 0.25) is 0 Å². The molecule has 0 saturated carbocycles. The molecule has 0 aliphatic carbocycles. The Bertz CT molecular complexity index is 403. The standard InChI is InChI=1S/C10H8NO.Li/c1-12-9-4-5-10-8(7-9)3-2-6-11-10;/h2-4,6-7H,1H3;/q-1;+1. The van der Waals surface area contributed by atoms with Gasteiger partial charge in [-0.1, -0.05) is 6.07 Å². The van der Waals surface area contributed by atoms with Crippen molar-refractivity contribution >= 4 is 10.9 Å². The van der Waals surface area contributed by atoms with E-state index < -0.39 is 0 Å². The summed E-state index contributed by atoms with van der Waals surface area (Å²) < 4.78 is 5.06. The quantitative estimate of drug-likeness (QED) is 0.401. The molecule has 0 amide bonds. The third-order valence-electron chi connectivity index (χ3n) is 1.72. The molecule has 1 aromatic carbocycles. The zero-order valence-electron chi connectivity index (χ0n) is 7.74. The number of pyridine rings is 1. The molecular weight excluding hydrogens is 157 g/mol. The molecule has 0 radical (unpaired) electrons. The smallest absolute Gasteiger partial charge is 0.554 e. The van der Waals surface area contributed by atoms with Crippen molar-refractivity contribution < 1.29 is 23.6 Å². The van der Waals surface area contributed by atoms with E-state index >= 15 is 0 Å². The van der Waals surface area contributed by atoms with Crippen molar-refractivity contribution in [2.75, 3.05) is 7.11 Å². The third-order valence-corrected chi connectivity index (χ3v) is 1.72. The van der Waals surface area contributed by atoms with Gasteiger partial charge in [-0.2, -0.15) is 6.07 Å². The summed E-state index contributed by atoms with van der Waals surface area (Å²) in [5, 5.41) is 1.05. The maximum atomic E-state index is 5.06. The number of hydrogen-bond donors (Lipinski definition) is 0. The van der Waals surface area contributed by atoms with Crippen LogP contribution in [0.1, 0.15) is 0 Å². The van der Waals surface area contributed by atoms with Gasteiger partial charge in [0.15, 0.2) is 0 Å². The Hall–Kier alpha value is -0.973. The summed E-state index contributed by atoms with van der Waals surface area (Å²) in [5.41, 5.74) is 0.873. The van der Waals surface area contributed by atoms with Crippen LogP contribution in [0.5, 0.6) is 5.75 Å². The molecule has 1 heterocycles. The molecule has 13 heavy (non-hydrogen) atoms. The average molecular weight is 165 g/mol. The van der Waals surface area contributed by atoms with Crippen molar-refractivity contribution in [2.24, 2.45) is 0 Å². The first-order valence-electron chi connectivity index (χ1n) is 3.70. The van der Waals surface area contributed by atoms with Gasteiger partial charge in [-0.15, -0.1) is 23.6 Å². The molecule has 2 aromatic rings. The minimum atomic E-state index is 0. The van der Waals surface area contributed by atoms with Crippen molar-refractivity contribution in [2.45, 2.75) is 0 Å². The number of methoxy groups -OCH3 is 1. The Morgan fingerprint density at radius 3 is 3.08 bits per heavy atom. The molecule has 0 aliphatic heterocycles. The Balaban J connectivity index is 0.000000845. The Morgan fingerprint density at radius 2 is 2.31 bits per heavy atom. The maximum absolute atomic E-state index is 5.06. The zero-order valence-corrected chi connectivity index (χ0v) is 7.74. The van der Waals surface area contributed by atoms with Gasteiger partial charge >= 0.3 is 18.9 Å². The van der Waals surface area contributed by atoms with Crippen LogP contribution in [0.4, 0.5) is 0 Å². The van der Waals surface area contributed by atoms with Gasteiger partial charge in [0.25, 0.3) is 0 Å². The molecule has 2 rings (SSSR count). The molecule has 0 N–H and O–H groups in total. The van der Waals surface area contributed by atoms with Crippen molar-refractivity contribution in [1.29, 1.82) is 0 Å². The van der Waals surface area contributed by atoms with Gasteiger partial charge in [-0.3, -0.25) is 4.98 Å². The van der Waals surface area contributed by atoms with Crippen molar-refractivity contribution in [3.8, 4) is 5.75 Å². The topological polar surface area (TPSA) is 22.1 Å². The fourth-order valence-corrected chi connectivity index (χ4v) is 1.11. The summed E-state index contributed by atoms with van der Waals surface area (Å²) in [7, 11) is 1.64. The molecule has 0 bridgehead atoms. The van der Waals surface area contributed by atoms with Gasteiger partial charge < -0.3 is 4.74 Å². The number of ether oxygens (including phenoxy) is 1. The molecule has 60 valence electrons. The van der Waals surface area contributed by atoms with Crippen LogP contribution >= 0.6 is 0 Å². The van der Waals surface area contributed by atoms with Crippen LogP contribution < -0.4 is 23.6 Å². The molecule has 0 atom stereocenters. The SMILES string of the molecule is COc1c[c-]c2ncccc2c1.[Li+]. The molecule has 0 fully saturated rings. The second kappa shape index (κ2) is 4.32. The molecule has 1 aromatic heterocycles. The number of nitrogens with zero attached hydrogens (tertiary/aromatic N) is 1. The van der Waals surface area contributed by atoms with Gasteiger partial charge in [0, 0.05) is 11.9 Å². The number of benzene rings is 1. The zero-order chi connectivity index (χ0) is 8.39. The van der Waals surface area contributed by atoms with Crippen LogP contribution in [-0.4, -0.2) is 12.1 Å². The predicted molar refractivity (Wildman–Crippen MR) is 47.1 cm³/mol. The first-order chi connectivity index (χ1) is 5.90. The molecule has 2 nitrogen and oxygen atoms in total. The summed E-state index contributed by atoms with van der Waals surface area (Å²) >= 11 is 0. The van der Waals surface area contributed by atoms with Crippen LogP contribution in [0.25, 0.3) is 10.9 Å². The second-order valence-electron chi connectivity index (χ2n) is 2.48. The van der Waals surface area contributed by atoms with E-state index in [9.17, 15) is 0 Å². The predicted octanol–water partition coefficient (Wildman–Crippen LogP) is -0.952.